The Morgan fingerprint density at radius 2 is 2.00 bits per heavy atom. The third kappa shape index (κ3) is 4.17. The molecule has 1 aliphatic carbocycles. The number of thioether (sulfide) groups is 1. The number of nitrogens with one attached hydrogen (secondary N) is 1. The van der Waals surface area contributed by atoms with Gasteiger partial charge in [0.25, 0.3) is 0 Å². The van der Waals surface area contributed by atoms with Gasteiger partial charge in [-0.1, -0.05) is 48.5 Å². The molecule has 1 fully saturated rings. The number of carbonyl (C=O) groups excluding carboxylic acids is 2. The highest BCUT2D eigenvalue weighted by molar-refractivity contribution is 8.16. The van der Waals surface area contributed by atoms with E-state index in [9.17, 15) is 9.59 Å². The number of hydrogen-bond acceptors (Lipinski definition) is 6. The Morgan fingerprint density at radius 1 is 1.27 bits per heavy atom. The van der Waals surface area contributed by atoms with Crippen molar-refractivity contribution in [3.8, 4) is 0 Å². The molecule has 1 aromatic carbocycles. The molecule has 4 rings (SSSR count). The Morgan fingerprint density at radius 3 is 2.63 bits per heavy atom. The van der Waals surface area contributed by atoms with Gasteiger partial charge in [-0.25, -0.2) is 9.79 Å². The Kier molecular flexibility index (Phi) is 5.99. The molecule has 1 aromatic rings. The highest BCUT2D eigenvalue weighted by atomic mass is 32.2. The van der Waals surface area contributed by atoms with Crippen LogP contribution in [-0.2, 0) is 14.3 Å². The van der Waals surface area contributed by atoms with Gasteiger partial charge in [-0.2, -0.15) is 0 Å². The fourth-order valence-electron chi connectivity index (χ4n) is 3.78. The zero-order chi connectivity index (χ0) is 21.3. The van der Waals surface area contributed by atoms with Crippen LogP contribution in [0.1, 0.15) is 49.8 Å². The molecule has 0 radical (unpaired) electrons. The summed E-state index contributed by atoms with van der Waals surface area (Å²) in [5.74, 6) is 0.256. The Labute approximate surface area is 181 Å². The maximum Gasteiger partial charge on any atom is 0.338 e. The van der Waals surface area contributed by atoms with Gasteiger partial charge in [0.05, 0.1) is 30.8 Å². The Hall–Kier alpha value is -2.54. The number of benzene rings is 1. The molecule has 1 atom stereocenters. The van der Waals surface area contributed by atoms with E-state index in [1.807, 2.05) is 48.4 Å². The molecule has 3 aliphatic rings. The smallest absolute Gasteiger partial charge is 0.338 e. The van der Waals surface area contributed by atoms with E-state index in [0.717, 1.165) is 34.2 Å². The monoisotopic (exact) mass is 425 g/mol. The zero-order valence-electron chi connectivity index (χ0n) is 17.6. The molecule has 1 amide bonds. The summed E-state index contributed by atoms with van der Waals surface area (Å²) in [7, 11) is 1.40. The quantitative estimate of drug-likeness (QED) is 0.668. The van der Waals surface area contributed by atoms with Crippen LogP contribution in [0, 0.1) is 12.8 Å². The van der Waals surface area contributed by atoms with Crippen molar-refractivity contribution in [2.75, 3.05) is 13.7 Å². The van der Waals surface area contributed by atoms with Crippen molar-refractivity contribution in [3.05, 3.63) is 57.8 Å². The second-order valence-electron chi connectivity index (χ2n) is 7.93. The number of fused-ring (bicyclic) bond motifs is 1. The molecule has 0 unspecified atom stereocenters. The first-order valence-corrected chi connectivity index (χ1v) is 11.3. The van der Waals surface area contributed by atoms with Gasteiger partial charge in [0.15, 0.2) is 5.17 Å². The largest absolute Gasteiger partial charge is 0.466 e. The number of aryl methyl sites for hydroxylation is 1. The zero-order valence-corrected chi connectivity index (χ0v) is 18.4. The number of ether oxygens (including phenoxy) is 1. The van der Waals surface area contributed by atoms with Crippen molar-refractivity contribution in [2.45, 2.75) is 45.6 Å². The van der Waals surface area contributed by atoms with Crippen molar-refractivity contribution in [2.24, 2.45) is 10.9 Å². The van der Waals surface area contributed by atoms with Crippen molar-refractivity contribution >= 4 is 28.8 Å². The molecule has 0 saturated heterocycles. The number of hydrogen-bond donors (Lipinski definition) is 1. The van der Waals surface area contributed by atoms with Gasteiger partial charge >= 0.3 is 5.97 Å². The number of carbonyl (C=O) groups is 2. The van der Waals surface area contributed by atoms with Gasteiger partial charge in [0, 0.05) is 12.2 Å². The van der Waals surface area contributed by atoms with Crippen LogP contribution in [0.4, 0.5) is 0 Å². The van der Waals surface area contributed by atoms with Crippen molar-refractivity contribution in [3.63, 3.8) is 0 Å². The first-order valence-electron chi connectivity index (χ1n) is 10.4. The van der Waals surface area contributed by atoms with E-state index in [0.29, 0.717) is 17.9 Å². The van der Waals surface area contributed by atoms with Crippen LogP contribution in [0.3, 0.4) is 0 Å². The fourth-order valence-corrected chi connectivity index (χ4v) is 4.72. The normalized spacial score (nSPS) is 20.5. The molecular weight excluding hydrogens is 398 g/mol. The Bertz CT molecular complexity index is 945. The second kappa shape index (κ2) is 8.68. The topological polar surface area (TPSA) is 71.0 Å². The highest BCUT2D eigenvalue weighted by Gasteiger charge is 2.41. The van der Waals surface area contributed by atoms with E-state index in [1.165, 1.54) is 31.7 Å². The number of rotatable bonds is 7. The molecule has 1 N–H and O–H groups in total. The first kappa shape index (κ1) is 20.7. The summed E-state index contributed by atoms with van der Waals surface area (Å²) >= 11 is 1.50. The van der Waals surface area contributed by atoms with Gasteiger partial charge in [-0.05, 0) is 43.1 Å². The molecule has 6 nitrogen and oxygen atoms in total. The van der Waals surface area contributed by atoms with Crippen LogP contribution in [-0.4, -0.2) is 35.6 Å². The van der Waals surface area contributed by atoms with Gasteiger partial charge in [-0.15, -0.1) is 0 Å². The third-order valence-corrected chi connectivity index (χ3v) is 6.54. The summed E-state index contributed by atoms with van der Waals surface area (Å²) in [4.78, 5) is 32.1. The molecule has 158 valence electrons. The van der Waals surface area contributed by atoms with Crippen LogP contribution in [0.25, 0.3) is 0 Å². The predicted molar refractivity (Wildman–Crippen MR) is 119 cm³/mol. The van der Waals surface area contributed by atoms with Crippen LogP contribution in [0.5, 0.6) is 0 Å². The van der Waals surface area contributed by atoms with E-state index >= 15 is 0 Å². The van der Waals surface area contributed by atoms with E-state index < -0.39 is 0 Å². The lowest BCUT2D eigenvalue weighted by Gasteiger charge is -2.36. The summed E-state index contributed by atoms with van der Waals surface area (Å²) in [6.45, 7) is 4.77. The molecular formula is C23H27N3O3S. The van der Waals surface area contributed by atoms with Crippen molar-refractivity contribution in [1.82, 2.24) is 10.2 Å². The number of aliphatic imine (C=N–C) groups is 1. The van der Waals surface area contributed by atoms with E-state index in [-0.39, 0.29) is 24.3 Å². The summed E-state index contributed by atoms with van der Waals surface area (Å²) in [5.41, 5.74) is 4.26. The first-order chi connectivity index (χ1) is 14.5. The molecule has 1 saturated carbocycles. The van der Waals surface area contributed by atoms with E-state index in [4.69, 9.17) is 9.73 Å². The number of amidine groups is 1. The summed E-state index contributed by atoms with van der Waals surface area (Å²) in [5, 5.41) is 5.81. The maximum atomic E-state index is 12.8. The highest BCUT2D eigenvalue weighted by Crippen LogP contribution is 2.45. The summed E-state index contributed by atoms with van der Waals surface area (Å²) in [6, 6.07) is 7.78. The SMILES string of the molecule is CCC1=C(C(=O)OC)[C@@H](c2ccc(C)cc2)N2C(CC(=O)NCC3CC3)=CSC2=N1. The lowest BCUT2D eigenvalue weighted by atomic mass is 9.92. The molecule has 0 bridgehead atoms. The molecule has 2 aliphatic heterocycles. The van der Waals surface area contributed by atoms with Crippen molar-refractivity contribution < 1.29 is 14.3 Å². The fraction of sp³-hybridized carbons (Fsp3) is 0.435. The molecule has 30 heavy (non-hydrogen) atoms. The van der Waals surface area contributed by atoms with Crippen LogP contribution in [0.2, 0.25) is 0 Å². The van der Waals surface area contributed by atoms with Gasteiger partial charge in [0.1, 0.15) is 0 Å². The minimum absolute atomic E-state index is 0.00235. The minimum Gasteiger partial charge on any atom is -0.466 e. The molecule has 2 heterocycles. The van der Waals surface area contributed by atoms with Gasteiger partial charge in [0.2, 0.25) is 5.91 Å². The minimum atomic E-state index is -0.380. The molecule has 7 heteroatoms. The summed E-state index contributed by atoms with van der Waals surface area (Å²) < 4.78 is 5.14. The number of esters is 1. The van der Waals surface area contributed by atoms with Gasteiger partial charge < -0.3 is 15.0 Å². The van der Waals surface area contributed by atoms with E-state index in [1.54, 1.807) is 0 Å². The van der Waals surface area contributed by atoms with Crippen LogP contribution < -0.4 is 5.32 Å². The number of methoxy groups -OCH3 is 1. The Balaban J connectivity index is 1.68. The number of nitrogens with zero attached hydrogens (tertiary/aromatic N) is 2. The average Bonchev–Trinajstić information content (AvgIpc) is 3.51. The molecule has 0 aromatic heterocycles. The predicted octanol–water partition coefficient (Wildman–Crippen LogP) is 4.05. The van der Waals surface area contributed by atoms with Gasteiger partial charge in [-0.3, -0.25) is 4.79 Å². The lowest BCUT2D eigenvalue weighted by Crippen LogP contribution is -2.38. The molecule has 0 spiro atoms. The van der Waals surface area contributed by atoms with Crippen molar-refractivity contribution in [1.29, 1.82) is 0 Å². The maximum absolute atomic E-state index is 12.8. The summed E-state index contributed by atoms with van der Waals surface area (Å²) in [6.07, 6.45) is 3.29. The third-order valence-electron chi connectivity index (χ3n) is 5.65. The van der Waals surface area contributed by atoms with Crippen LogP contribution in [0.15, 0.2) is 51.6 Å². The standard InChI is InChI=1S/C23H27N3O3S/c1-4-18-20(22(28)29-3)21(16-9-5-14(2)6-10-16)26-17(13-30-23(26)25-18)11-19(27)24-12-15-7-8-15/h5-6,9-10,13,15,21H,4,7-8,11-12H2,1-3H3,(H,24,27)/t21-/m1/s1. The average molecular weight is 426 g/mol. The lowest BCUT2D eigenvalue weighted by molar-refractivity contribution is -0.136. The number of allylic oxidation sites excluding steroid dienone is 1. The van der Waals surface area contributed by atoms with Crippen LogP contribution >= 0.6 is 11.8 Å². The second-order valence-corrected chi connectivity index (χ2v) is 8.77. The number of amides is 1. The van der Waals surface area contributed by atoms with E-state index in [2.05, 4.69) is 5.32 Å².